The van der Waals surface area contributed by atoms with Crippen LogP contribution in [0.25, 0.3) is 0 Å². The second-order valence-electron chi connectivity index (χ2n) is 2.08. The van der Waals surface area contributed by atoms with Gasteiger partial charge in [-0.1, -0.05) is 6.08 Å². The van der Waals surface area contributed by atoms with Crippen molar-refractivity contribution in [2.45, 2.75) is 13.3 Å². The third-order valence-electron chi connectivity index (χ3n) is 1.32. The zero-order valence-electron chi connectivity index (χ0n) is 6.04. The van der Waals surface area contributed by atoms with E-state index < -0.39 is 0 Å². The van der Waals surface area contributed by atoms with Crippen molar-refractivity contribution in [1.82, 2.24) is 9.97 Å². The smallest absolute Gasteiger partial charge is 0.0653 e. The fourth-order valence-electron chi connectivity index (χ4n) is 0.773. The van der Waals surface area contributed by atoms with E-state index in [1.54, 1.807) is 12.4 Å². The van der Waals surface area contributed by atoms with Gasteiger partial charge in [0.05, 0.1) is 11.4 Å². The molecule has 1 rings (SSSR count). The van der Waals surface area contributed by atoms with E-state index in [1.807, 2.05) is 13.0 Å². The van der Waals surface area contributed by atoms with E-state index in [-0.39, 0.29) is 0 Å². The van der Waals surface area contributed by atoms with Gasteiger partial charge < -0.3 is 0 Å². The summed E-state index contributed by atoms with van der Waals surface area (Å²) in [6, 6.07) is 0. The van der Waals surface area contributed by atoms with Crippen LogP contribution >= 0.6 is 0 Å². The van der Waals surface area contributed by atoms with Crippen LogP contribution in [-0.2, 0) is 6.42 Å². The molecule has 0 unspecified atom stereocenters. The van der Waals surface area contributed by atoms with Gasteiger partial charge in [0.15, 0.2) is 0 Å². The van der Waals surface area contributed by atoms with Crippen molar-refractivity contribution in [2.75, 3.05) is 0 Å². The maximum absolute atomic E-state index is 4.13. The minimum atomic E-state index is 0.805. The Hall–Kier alpha value is -1.18. The Morgan fingerprint density at radius 3 is 2.80 bits per heavy atom. The molecule has 0 radical (unpaired) electrons. The van der Waals surface area contributed by atoms with Crippen LogP contribution in [0.2, 0.25) is 0 Å². The molecule has 0 N–H and O–H groups in total. The Balaban J connectivity index is 2.91. The number of hydrogen-bond donors (Lipinski definition) is 0. The van der Waals surface area contributed by atoms with Gasteiger partial charge in [-0.15, -0.1) is 6.58 Å². The summed E-state index contributed by atoms with van der Waals surface area (Å²) in [6.45, 7) is 5.58. The van der Waals surface area contributed by atoms with E-state index in [9.17, 15) is 0 Å². The van der Waals surface area contributed by atoms with E-state index >= 15 is 0 Å². The molecule has 0 bridgehead atoms. The van der Waals surface area contributed by atoms with Gasteiger partial charge in [0.1, 0.15) is 0 Å². The molecule has 0 saturated heterocycles. The summed E-state index contributed by atoms with van der Waals surface area (Å²) < 4.78 is 0. The van der Waals surface area contributed by atoms with Gasteiger partial charge in [-0.3, -0.25) is 9.97 Å². The van der Waals surface area contributed by atoms with Crippen LogP contribution in [-0.4, -0.2) is 9.97 Å². The SMILES string of the molecule is C=CCc1nccnc1C. The summed E-state index contributed by atoms with van der Waals surface area (Å²) in [7, 11) is 0. The normalized spacial score (nSPS) is 9.30. The molecule has 52 valence electrons. The number of rotatable bonds is 2. The molecule has 1 aromatic rings. The molecule has 0 amide bonds. The van der Waals surface area contributed by atoms with Gasteiger partial charge in [-0.05, 0) is 6.92 Å². The second kappa shape index (κ2) is 3.11. The largest absolute Gasteiger partial charge is 0.258 e. The average molecular weight is 134 g/mol. The number of aryl methyl sites for hydroxylation is 1. The van der Waals surface area contributed by atoms with Crippen molar-refractivity contribution in [2.24, 2.45) is 0 Å². The fraction of sp³-hybridized carbons (Fsp3) is 0.250. The number of nitrogens with zero attached hydrogens (tertiary/aromatic N) is 2. The summed E-state index contributed by atoms with van der Waals surface area (Å²) in [5, 5.41) is 0. The standard InChI is InChI=1S/C8H10N2/c1-3-4-8-7(2)9-5-6-10-8/h3,5-6H,1,4H2,2H3. The van der Waals surface area contributed by atoms with Crippen LogP contribution in [0.3, 0.4) is 0 Å². The maximum atomic E-state index is 4.13. The van der Waals surface area contributed by atoms with E-state index in [1.165, 1.54) is 0 Å². The molecular weight excluding hydrogens is 124 g/mol. The van der Waals surface area contributed by atoms with E-state index in [0.717, 1.165) is 17.8 Å². The fourth-order valence-corrected chi connectivity index (χ4v) is 0.773. The van der Waals surface area contributed by atoms with E-state index in [4.69, 9.17) is 0 Å². The summed E-state index contributed by atoms with van der Waals surface area (Å²) in [5.74, 6) is 0. The van der Waals surface area contributed by atoms with Crippen molar-refractivity contribution >= 4 is 0 Å². The van der Waals surface area contributed by atoms with Crippen LogP contribution in [0, 0.1) is 6.92 Å². The minimum Gasteiger partial charge on any atom is -0.258 e. The first-order valence-electron chi connectivity index (χ1n) is 3.22. The molecule has 0 aliphatic heterocycles. The highest BCUT2D eigenvalue weighted by atomic mass is 14.8. The summed E-state index contributed by atoms with van der Waals surface area (Å²) >= 11 is 0. The van der Waals surface area contributed by atoms with Crippen LogP contribution < -0.4 is 0 Å². The first kappa shape index (κ1) is 6.93. The molecule has 2 nitrogen and oxygen atoms in total. The van der Waals surface area contributed by atoms with Crippen molar-refractivity contribution in [3.05, 3.63) is 36.4 Å². The predicted octanol–water partition coefficient (Wildman–Crippen LogP) is 1.51. The van der Waals surface area contributed by atoms with Crippen molar-refractivity contribution in [3.8, 4) is 0 Å². The van der Waals surface area contributed by atoms with Crippen molar-refractivity contribution in [1.29, 1.82) is 0 Å². The number of aromatic nitrogens is 2. The molecule has 0 aliphatic carbocycles. The van der Waals surface area contributed by atoms with Crippen LogP contribution in [0.1, 0.15) is 11.4 Å². The lowest BCUT2D eigenvalue weighted by Gasteiger charge is -1.97. The lowest BCUT2D eigenvalue weighted by Crippen LogP contribution is -1.93. The van der Waals surface area contributed by atoms with Gasteiger partial charge in [0.25, 0.3) is 0 Å². The molecule has 0 fully saturated rings. The topological polar surface area (TPSA) is 25.8 Å². The van der Waals surface area contributed by atoms with Crippen LogP contribution in [0.15, 0.2) is 25.0 Å². The second-order valence-corrected chi connectivity index (χ2v) is 2.08. The molecule has 2 heteroatoms. The lowest BCUT2D eigenvalue weighted by molar-refractivity contribution is 1.00. The van der Waals surface area contributed by atoms with Gasteiger partial charge >= 0.3 is 0 Å². The highest BCUT2D eigenvalue weighted by Gasteiger charge is 1.94. The van der Waals surface area contributed by atoms with Gasteiger partial charge in [0, 0.05) is 18.8 Å². The highest BCUT2D eigenvalue weighted by Crippen LogP contribution is 1.99. The average Bonchev–Trinajstić information content (AvgIpc) is 1.94. The van der Waals surface area contributed by atoms with Gasteiger partial charge in [-0.25, -0.2) is 0 Å². The first-order valence-corrected chi connectivity index (χ1v) is 3.22. The Kier molecular flexibility index (Phi) is 2.15. The first-order chi connectivity index (χ1) is 4.84. The van der Waals surface area contributed by atoms with Gasteiger partial charge in [0.2, 0.25) is 0 Å². The van der Waals surface area contributed by atoms with Crippen molar-refractivity contribution in [3.63, 3.8) is 0 Å². The number of hydrogen-bond acceptors (Lipinski definition) is 2. The molecule has 0 spiro atoms. The quantitative estimate of drug-likeness (QED) is 0.573. The van der Waals surface area contributed by atoms with E-state index in [2.05, 4.69) is 16.5 Å². The lowest BCUT2D eigenvalue weighted by atomic mass is 10.2. The molecule has 1 aromatic heterocycles. The summed E-state index contributed by atoms with van der Waals surface area (Å²) in [4.78, 5) is 8.22. The highest BCUT2D eigenvalue weighted by molar-refractivity contribution is 5.10. The van der Waals surface area contributed by atoms with Crippen LogP contribution in [0.5, 0.6) is 0 Å². The minimum absolute atomic E-state index is 0.805. The summed E-state index contributed by atoms with van der Waals surface area (Å²) in [5.41, 5.74) is 2.00. The third-order valence-corrected chi connectivity index (χ3v) is 1.32. The maximum Gasteiger partial charge on any atom is 0.0653 e. The molecule has 1 heterocycles. The Morgan fingerprint density at radius 1 is 1.50 bits per heavy atom. The third kappa shape index (κ3) is 1.41. The van der Waals surface area contributed by atoms with Gasteiger partial charge in [-0.2, -0.15) is 0 Å². The van der Waals surface area contributed by atoms with E-state index in [0.29, 0.717) is 0 Å². The molecule has 0 saturated carbocycles. The molecule has 0 aromatic carbocycles. The molecular formula is C8H10N2. The van der Waals surface area contributed by atoms with Crippen molar-refractivity contribution < 1.29 is 0 Å². The summed E-state index contributed by atoms with van der Waals surface area (Å²) in [6.07, 6.45) is 6.03. The molecule has 0 aliphatic rings. The Labute approximate surface area is 60.6 Å². The zero-order chi connectivity index (χ0) is 7.40. The predicted molar refractivity (Wildman–Crippen MR) is 40.7 cm³/mol. The molecule has 10 heavy (non-hydrogen) atoms. The Bertz CT molecular complexity index is 230. The number of allylic oxidation sites excluding steroid dienone is 1. The van der Waals surface area contributed by atoms with Crippen LogP contribution in [0.4, 0.5) is 0 Å². The zero-order valence-corrected chi connectivity index (χ0v) is 6.04. The Morgan fingerprint density at radius 2 is 2.20 bits per heavy atom. The monoisotopic (exact) mass is 134 g/mol. The molecule has 0 atom stereocenters.